The van der Waals surface area contributed by atoms with Gasteiger partial charge in [0.15, 0.2) is 11.5 Å². The van der Waals surface area contributed by atoms with E-state index < -0.39 is 4.92 Å². The first kappa shape index (κ1) is 21.5. The van der Waals surface area contributed by atoms with Crippen LogP contribution in [0.3, 0.4) is 0 Å². The Labute approximate surface area is 178 Å². The number of nitro benzene ring substituents is 1. The number of non-ortho nitro benzene ring substituents is 1. The van der Waals surface area contributed by atoms with E-state index in [0.717, 1.165) is 0 Å². The van der Waals surface area contributed by atoms with Crippen LogP contribution < -0.4 is 9.47 Å². The van der Waals surface area contributed by atoms with Crippen molar-refractivity contribution in [3.63, 3.8) is 0 Å². The maximum Gasteiger partial charge on any atom is 0.270 e. The van der Waals surface area contributed by atoms with Gasteiger partial charge < -0.3 is 9.47 Å². The summed E-state index contributed by atoms with van der Waals surface area (Å²) < 4.78 is 25.2. The third kappa shape index (κ3) is 5.46. The molecule has 0 heterocycles. The van der Waals surface area contributed by atoms with Gasteiger partial charge in [-0.25, -0.2) is 4.39 Å². The fourth-order valence-corrected chi connectivity index (χ4v) is 2.91. The maximum absolute atomic E-state index is 13.8. The van der Waals surface area contributed by atoms with Crippen LogP contribution in [0, 0.1) is 27.3 Å². The standard InChI is InChI=1S/C24H19FN2O4/c1-2-30-24-13-17(10-11-23(24)31-16-19-6-3-4-9-22(19)25)12-20(15-26)18-7-5-8-21(14-18)27(28)29/h3-14H,2,16H2,1H3. The van der Waals surface area contributed by atoms with E-state index in [4.69, 9.17) is 9.47 Å². The lowest BCUT2D eigenvalue weighted by atomic mass is 10.0. The minimum Gasteiger partial charge on any atom is -0.490 e. The molecule has 0 saturated heterocycles. The number of benzene rings is 3. The Morgan fingerprint density at radius 3 is 2.61 bits per heavy atom. The van der Waals surface area contributed by atoms with Gasteiger partial charge in [0.05, 0.1) is 23.2 Å². The van der Waals surface area contributed by atoms with Crippen molar-refractivity contribution in [1.82, 2.24) is 0 Å². The van der Waals surface area contributed by atoms with Crippen LogP contribution in [0.5, 0.6) is 11.5 Å². The molecule has 0 fully saturated rings. The number of hydrogen-bond acceptors (Lipinski definition) is 5. The number of halogens is 1. The van der Waals surface area contributed by atoms with Crippen molar-refractivity contribution in [2.45, 2.75) is 13.5 Å². The van der Waals surface area contributed by atoms with Crippen LogP contribution in [0.2, 0.25) is 0 Å². The first-order valence-electron chi connectivity index (χ1n) is 9.51. The quantitative estimate of drug-likeness (QED) is 0.200. The Hall–Kier alpha value is -4.18. The van der Waals surface area contributed by atoms with Crippen molar-refractivity contribution < 1.29 is 18.8 Å². The SMILES string of the molecule is CCOc1cc(C=C(C#N)c2cccc([N+](=O)[O-])c2)ccc1OCc1ccccc1F. The Bertz CT molecular complexity index is 1170. The van der Waals surface area contributed by atoms with Crippen LogP contribution in [-0.2, 0) is 6.61 Å². The molecule has 0 amide bonds. The van der Waals surface area contributed by atoms with Crippen LogP contribution in [0.25, 0.3) is 11.6 Å². The first-order valence-corrected chi connectivity index (χ1v) is 9.51. The molecule has 0 aromatic heterocycles. The zero-order valence-electron chi connectivity index (χ0n) is 16.7. The van der Waals surface area contributed by atoms with Crippen LogP contribution in [0.1, 0.15) is 23.6 Å². The van der Waals surface area contributed by atoms with Crippen LogP contribution in [0.4, 0.5) is 10.1 Å². The summed E-state index contributed by atoms with van der Waals surface area (Å²) in [7, 11) is 0. The molecule has 0 radical (unpaired) electrons. The molecule has 0 spiro atoms. The number of hydrogen-bond donors (Lipinski definition) is 0. The summed E-state index contributed by atoms with van der Waals surface area (Å²) in [5.41, 5.74) is 1.70. The third-order valence-electron chi connectivity index (χ3n) is 4.41. The fraction of sp³-hybridized carbons (Fsp3) is 0.125. The van der Waals surface area contributed by atoms with Gasteiger partial charge in [0, 0.05) is 17.7 Å². The molecule has 0 aliphatic heterocycles. The van der Waals surface area contributed by atoms with Crippen molar-refractivity contribution in [3.8, 4) is 17.6 Å². The van der Waals surface area contributed by atoms with Crippen molar-refractivity contribution in [3.05, 3.63) is 99.4 Å². The molecule has 0 N–H and O–H groups in total. The number of nitriles is 1. The molecule has 7 heteroatoms. The lowest BCUT2D eigenvalue weighted by Gasteiger charge is -2.13. The molecule has 0 aliphatic rings. The predicted octanol–water partition coefficient (Wildman–Crippen LogP) is 5.78. The van der Waals surface area contributed by atoms with Crippen LogP contribution >= 0.6 is 0 Å². The van der Waals surface area contributed by atoms with Crippen molar-refractivity contribution >= 4 is 17.3 Å². The monoisotopic (exact) mass is 418 g/mol. The minimum atomic E-state index is -0.507. The topological polar surface area (TPSA) is 85.4 Å². The molecule has 0 unspecified atom stereocenters. The second kappa shape index (κ2) is 10.0. The highest BCUT2D eigenvalue weighted by atomic mass is 19.1. The Morgan fingerprint density at radius 2 is 1.90 bits per heavy atom. The minimum absolute atomic E-state index is 0.0407. The smallest absolute Gasteiger partial charge is 0.270 e. The molecule has 0 atom stereocenters. The highest BCUT2D eigenvalue weighted by molar-refractivity contribution is 5.90. The molecule has 3 rings (SSSR count). The Kier molecular flexibility index (Phi) is 6.97. The zero-order chi connectivity index (χ0) is 22.2. The average Bonchev–Trinajstić information content (AvgIpc) is 2.78. The van der Waals surface area contributed by atoms with E-state index in [1.165, 1.54) is 24.3 Å². The number of rotatable bonds is 8. The molecule has 156 valence electrons. The summed E-state index contributed by atoms with van der Waals surface area (Å²) in [6.07, 6.45) is 1.61. The van der Waals surface area contributed by atoms with E-state index in [9.17, 15) is 19.8 Å². The van der Waals surface area contributed by atoms with Gasteiger partial charge in [0.2, 0.25) is 0 Å². The Balaban J connectivity index is 1.88. The highest BCUT2D eigenvalue weighted by Crippen LogP contribution is 2.31. The molecule has 3 aromatic carbocycles. The highest BCUT2D eigenvalue weighted by Gasteiger charge is 2.11. The number of allylic oxidation sites excluding steroid dienone is 1. The zero-order valence-corrected chi connectivity index (χ0v) is 16.7. The molecule has 0 bridgehead atoms. The van der Waals surface area contributed by atoms with Gasteiger partial charge in [-0.1, -0.05) is 36.4 Å². The summed E-state index contributed by atoms with van der Waals surface area (Å²) in [6.45, 7) is 2.26. The van der Waals surface area contributed by atoms with Crippen molar-refractivity contribution in [2.24, 2.45) is 0 Å². The van der Waals surface area contributed by atoms with Gasteiger partial charge in [0.1, 0.15) is 12.4 Å². The molecule has 0 saturated carbocycles. The number of ether oxygens (including phenoxy) is 2. The molecular weight excluding hydrogens is 399 g/mol. The lowest BCUT2D eigenvalue weighted by molar-refractivity contribution is -0.384. The van der Waals surface area contributed by atoms with Gasteiger partial charge in [0.25, 0.3) is 5.69 Å². The van der Waals surface area contributed by atoms with Gasteiger partial charge in [-0.2, -0.15) is 5.26 Å². The predicted molar refractivity (Wildman–Crippen MR) is 115 cm³/mol. The second-order valence-electron chi connectivity index (χ2n) is 6.50. The first-order chi connectivity index (χ1) is 15.0. The normalized spacial score (nSPS) is 10.9. The maximum atomic E-state index is 13.8. The van der Waals surface area contributed by atoms with Crippen LogP contribution in [-0.4, -0.2) is 11.5 Å². The largest absolute Gasteiger partial charge is 0.490 e. The van der Waals surface area contributed by atoms with Crippen molar-refractivity contribution in [1.29, 1.82) is 5.26 Å². The van der Waals surface area contributed by atoms with Crippen LogP contribution in [0.15, 0.2) is 66.7 Å². The third-order valence-corrected chi connectivity index (χ3v) is 4.41. The van der Waals surface area contributed by atoms with E-state index >= 15 is 0 Å². The summed E-state index contributed by atoms with van der Waals surface area (Å²) in [5.74, 6) is 0.538. The molecule has 3 aromatic rings. The fourth-order valence-electron chi connectivity index (χ4n) is 2.91. The summed E-state index contributed by atoms with van der Waals surface area (Å²) in [5, 5.41) is 20.6. The lowest BCUT2D eigenvalue weighted by Crippen LogP contribution is -2.01. The summed E-state index contributed by atoms with van der Waals surface area (Å²) in [4.78, 5) is 10.5. The van der Waals surface area contributed by atoms with Gasteiger partial charge >= 0.3 is 0 Å². The summed E-state index contributed by atoms with van der Waals surface area (Å²) >= 11 is 0. The van der Waals surface area contributed by atoms with E-state index in [-0.39, 0.29) is 23.7 Å². The van der Waals surface area contributed by atoms with Gasteiger partial charge in [-0.3, -0.25) is 10.1 Å². The van der Waals surface area contributed by atoms with Gasteiger partial charge in [-0.15, -0.1) is 0 Å². The summed E-state index contributed by atoms with van der Waals surface area (Å²) in [6, 6.07) is 19.4. The van der Waals surface area contributed by atoms with E-state index in [1.54, 1.807) is 48.5 Å². The second-order valence-corrected chi connectivity index (χ2v) is 6.50. The molecule has 31 heavy (non-hydrogen) atoms. The van der Waals surface area contributed by atoms with E-state index in [2.05, 4.69) is 6.07 Å². The molecule has 0 aliphatic carbocycles. The Morgan fingerprint density at radius 1 is 1.10 bits per heavy atom. The number of nitro groups is 1. The van der Waals surface area contributed by atoms with Gasteiger partial charge in [-0.05, 0) is 42.3 Å². The molecule has 6 nitrogen and oxygen atoms in total. The van der Waals surface area contributed by atoms with E-state index in [1.807, 2.05) is 6.92 Å². The average molecular weight is 418 g/mol. The van der Waals surface area contributed by atoms with E-state index in [0.29, 0.717) is 34.8 Å². The van der Waals surface area contributed by atoms with Crippen molar-refractivity contribution in [2.75, 3.05) is 6.61 Å². The number of nitrogens with zero attached hydrogens (tertiary/aromatic N) is 2. The molecular formula is C24H19FN2O4.